The minimum Gasteiger partial charge on any atom is -0.341 e. The Morgan fingerprint density at radius 3 is 2.88 bits per heavy atom. The zero-order chi connectivity index (χ0) is 11.5. The first kappa shape index (κ1) is 11.2. The molecule has 2 aliphatic rings. The van der Waals surface area contributed by atoms with E-state index in [-0.39, 0.29) is 18.0 Å². The lowest BCUT2D eigenvalue weighted by Crippen LogP contribution is -2.46. The summed E-state index contributed by atoms with van der Waals surface area (Å²) in [6.07, 6.45) is 3.78. The van der Waals surface area contributed by atoms with Crippen LogP contribution in [0.1, 0.15) is 32.6 Å². The second-order valence-electron chi connectivity index (χ2n) is 4.74. The molecule has 1 saturated carbocycles. The number of amides is 3. The molecule has 1 aliphatic heterocycles. The molecular weight excluding hydrogens is 206 g/mol. The first-order valence-electron chi connectivity index (χ1n) is 6.00. The Morgan fingerprint density at radius 2 is 2.31 bits per heavy atom. The van der Waals surface area contributed by atoms with Gasteiger partial charge < -0.3 is 15.5 Å². The van der Waals surface area contributed by atoms with Crippen molar-refractivity contribution in [3.8, 4) is 0 Å². The zero-order valence-electron chi connectivity index (χ0n) is 9.66. The van der Waals surface area contributed by atoms with Crippen LogP contribution < -0.4 is 10.6 Å². The number of nitrogens with zero attached hydrogens (tertiary/aromatic N) is 1. The summed E-state index contributed by atoms with van der Waals surface area (Å²) >= 11 is 0. The lowest BCUT2D eigenvalue weighted by molar-refractivity contribution is -0.127. The average molecular weight is 225 g/mol. The predicted octanol–water partition coefficient (Wildman–Crippen LogP) is 0.459. The highest BCUT2D eigenvalue weighted by molar-refractivity contribution is 5.78. The van der Waals surface area contributed by atoms with Gasteiger partial charge in [0.25, 0.3) is 0 Å². The van der Waals surface area contributed by atoms with Gasteiger partial charge in [0, 0.05) is 31.6 Å². The van der Waals surface area contributed by atoms with Crippen molar-refractivity contribution < 1.29 is 9.59 Å². The Bertz CT molecular complexity index is 289. The zero-order valence-corrected chi connectivity index (χ0v) is 9.66. The van der Waals surface area contributed by atoms with E-state index in [1.807, 2.05) is 11.8 Å². The van der Waals surface area contributed by atoms with Crippen LogP contribution in [0.4, 0.5) is 4.79 Å². The second kappa shape index (κ2) is 4.72. The molecule has 2 fully saturated rings. The number of rotatable bonds is 4. The Labute approximate surface area is 95.6 Å². The molecule has 5 nitrogen and oxygen atoms in total. The summed E-state index contributed by atoms with van der Waals surface area (Å²) < 4.78 is 0. The summed E-state index contributed by atoms with van der Waals surface area (Å²) in [4.78, 5) is 24.6. The number of urea groups is 1. The van der Waals surface area contributed by atoms with Crippen LogP contribution in [0.3, 0.4) is 0 Å². The Kier molecular flexibility index (Phi) is 3.31. The predicted molar refractivity (Wildman–Crippen MR) is 60.0 cm³/mol. The second-order valence-corrected chi connectivity index (χ2v) is 4.74. The van der Waals surface area contributed by atoms with Gasteiger partial charge in [-0.15, -0.1) is 0 Å². The number of carbonyl (C=O) groups excluding carboxylic acids is 2. The molecule has 3 amide bonds. The highest BCUT2D eigenvalue weighted by Crippen LogP contribution is 2.18. The van der Waals surface area contributed by atoms with E-state index in [9.17, 15) is 9.59 Å². The van der Waals surface area contributed by atoms with Crippen LogP contribution in [-0.2, 0) is 4.79 Å². The molecule has 0 radical (unpaired) electrons. The molecule has 0 aromatic rings. The van der Waals surface area contributed by atoms with Crippen molar-refractivity contribution >= 4 is 11.9 Å². The average Bonchev–Trinajstić information content (AvgIpc) is 2.91. The monoisotopic (exact) mass is 225 g/mol. The van der Waals surface area contributed by atoms with E-state index in [2.05, 4.69) is 10.6 Å². The maximum Gasteiger partial charge on any atom is 0.315 e. The van der Waals surface area contributed by atoms with Crippen LogP contribution in [0.15, 0.2) is 0 Å². The summed E-state index contributed by atoms with van der Waals surface area (Å²) in [5.41, 5.74) is 0. The Hall–Kier alpha value is -1.26. The first-order valence-corrected chi connectivity index (χ1v) is 6.00. The van der Waals surface area contributed by atoms with Crippen molar-refractivity contribution in [2.75, 3.05) is 13.1 Å². The van der Waals surface area contributed by atoms with Gasteiger partial charge in [0.1, 0.15) is 0 Å². The number of nitrogens with one attached hydrogen (secondary N) is 2. The molecular formula is C11H19N3O2. The van der Waals surface area contributed by atoms with Gasteiger partial charge in [0.2, 0.25) is 5.91 Å². The smallest absolute Gasteiger partial charge is 0.315 e. The van der Waals surface area contributed by atoms with E-state index in [4.69, 9.17) is 0 Å². The van der Waals surface area contributed by atoms with Crippen LogP contribution >= 0.6 is 0 Å². The number of hydrogen-bond acceptors (Lipinski definition) is 2. The molecule has 0 spiro atoms. The van der Waals surface area contributed by atoms with E-state index in [1.54, 1.807) is 0 Å². The fourth-order valence-corrected chi connectivity index (χ4v) is 1.95. The van der Waals surface area contributed by atoms with Crippen molar-refractivity contribution in [3.63, 3.8) is 0 Å². The van der Waals surface area contributed by atoms with Crippen molar-refractivity contribution in [1.29, 1.82) is 0 Å². The third-order valence-corrected chi connectivity index (χ3v) is 2.96. The maximum absolute atomic E-state index is 11.4. The van der Waals surface area contributed by atoms with Crippen molar-refractivity contribution in [2.24, 2.45) is 0 Å². The van der Waals surface area contributed by atoms with Crippen LogP contribution in [0.25, 0.3) is 0 Å². The molecule has 1 heterocycles. The Morgan fingerprint density at radius 1 is 1.56 bits per heavy atom. The summed E-state index contributed by atoms with van der Waals surface area (Å²) in [5, 5.41) is 5.72. The lowest BCUT2D eigenvalue weighted by Gasteiger charge is -2.21. The third-order valence-electron chi connectivity index (χ3n) is 2.96. The molecule has 0 aromatic carbocycles. The van der Waals surface area contributed by atoms with Gasteiger partial charge in [-0.05, 0) is 26.2 Å². The minimum absolute atomic E-state index is 0.0146. The number of likely N-dealkylation sites (tertiary alicyclic amines) is 1. The highest BCUT2D eigenvalue weighted by atomic mass is 16.2. The topological polar surface area (TPSA) is 61.4 Å². The number of carbonyl (C=O) groups is 2. The summed E-state index contributed by atoms with van der Waals surface area (Å²) in [6, 6.07) is 0.281. The largest absolute Gasteiger partial charge is 0.341 e. The Balaban J connectivity index is 1.68. The van der Waals surface area contributed by atoms with Crippen LogP contribution in [-0.4, -0.2) is 42.0 Å². The molecule has 90 valence electrons. The van der Waals surface area contributed by atoms with Crippen molar-refractivity contribution in [1.82, 2.24) is 15.5 Å². The van der Waals surface area contributed by atoms with Gasteiger partial charge in [-0.25, -0.2) is 4.79 Å². The normalized spacial score (nSPS) is 22.1. The molecule has 0 bridgehead atoms. The van der Waals surface area contributed by atoms with Gasteiger partial charge >= 0.3 is 6.03 Å². The molecule has 1 saturated heterocycles. The molecule has 16 heavy (non-hydrogen) atoms. The third kappa shape index (κ3) is 3.12. The molecule has 0 aromatic heterocycles. The molecule has 2 rings (SSSR count). The van der Waals surface area contributed by atoms with E-state index in [0.717, 1.165) is 25.8 Å². The van der Waals surface area contributed by atoms with Crippen molar-refractivity contribution in [3.05, 3.63) is 0 Å². The molecule has 1 unspecified atom stereocenters. The highest BCUT2D eigenvalue weighted by Gasteiger charge is 2.25. The van der Waals surface area contributed by atoms with Crippen LogP contribution in [0, 0.1) is 0 Å². The molecule has 1 aliphatic carbocycles. The van der Waals surface area contributed by atoms with Gasteiger partial charge in [-0.1, -0.05) is 0 Å². The summed E-state index contributed by atoms with van der Waals surface area (Å²) in [5.74, 6) is 0.205. The van der Waals surface area contributed by atoms with Gasteiger partial charge in [-0.2, -0.15) is 0 Å². The van der Waals surface area contributed by atoms with Gasteiger partial charge in [-0.3, -0.25) is 4.79 Å². The lowest BCUT2D eigenvalue weighted by atomic mass is 10.3. The standard InChI is InChI=1S/C11H19N3O2/c1-8(7-14-6-2-3-10(14)15)12-11(16)13-9-4-5-9/h8-9H,2-7H2,1H3,(H2,12,13,16). The van der Waals surface area contributed by atoms with Crippen LogP contribution in [0.2, 0.25) is 0 Å². The number of hydrogen-bond donors (Lipinski definition) is 2. The quantitative estimate of drug-likeness (QED) is 0.730. The van der Waals surface area contributed by atoms with E-state index < -0.39 is 0 Å². The van der Waals surface area contributed by atoms with Crippen molar-refractivity contribution in [2.45, 2.75) is 44.7 Å². The van der Waals surface area contributed by atoms with E-state index >= 15 is 0 Å². The summed E-state index contributed by atoms with van der Waals surface area (Å²) in [6.45, 7) is 3.38. The molecule has 2 N–H and O–H groups in total. The fourth-order valence-electron chi connectivity index (χ4n) is 1.95. The van der Waals surface area contributed by atoms with Gasteiger partial charge in [0.05, 0.1) is 0 Å². The maximum atomic E-state index is 11.4. The van der Waals surface area contributed by atoms with Crippen LogP contribution in [0.5, 0.6) is 0 Å². The van der Waals surface area contributed by atoms with E-state index in [1.165, 1.54) is 0 Å². The SMILES string of the molecule is CC(CN1CCCC1=O)NC(=O)NC1CC1. The van der Waals surface area contributed by atoms with E-state index in [0.29, 0.717) is 19.0 Å². The molecule has 1 atom stereocenters. The summed E-state index contributed by atoms with van der Waals surface area (Å²) in [7, 11) is 0. The minimum atomic E-state index is -0.110. The molecule has 5 heteroatoms. The fraction of sp³-hybridized carbons (Fsp3) is 0.818. The first-order chi connectivity index (χ1) is 7.65. The van der Waals surface area contributed by atoms with Gasteiger partial charge in [0.15, 0.2) is 0 Å².